The van der Waals surface area contributed by atoms with Crippen molar-refractivity contribution < 1.29 is 0 Å². The lowest BCUT2D eigenvalue weighted by atomic mass is 9.89. The molecular formula is C27H33N5. The smallest absolute Gasteiger partial charge is 0.0750 e. The number of hydrogen-bond donors (Lipinski definition) is 0. The molecule has 0 saturated heterocycles. The van der Waals surface area contributed by atoms with E-state index in [9.17, 15) is 0 Å². The van der Waals surface area contributed by atoms with Crippen LogP contribution in [0.2, 0.25) is 0 Å². The van der Waals surface area contributed by atoms with E-state index in [-0.39, 0.29) is 0 Å². The molecule has 0 radical (unpaired) electrons. The molecule has 32 heavy (non-hydrogen) atoms. The molecule has 0 amide bonds. The normalized spacial score (nSPS) is 13.9. The second-order valence-electron chi connectivity index (χ2n) is 9.60. The van der Waals surface area contributed by atoms with Crippen molar-refractivity contribution in [1.82, 2.24) is 25.4 Å². The molecule has 3 heterocycles. The van der Waals surface area contributed by atoms with Crippen LogP contribution in [0.4, 0.5) is 0 Å². The summed E-state index contributed by atoms with van der Waals surface area (Å²) < 4.78 is 0. The molecule has 3 aromatic heterocycles. The minimum atomic E-state index is 0.297. The Kier molecular flexibility index (Phi) is 6.45. The maximum atomic E-state index is 4.67. The second-order valence-corrected chi connectivity index (χ2v) is 9.60. The van der Waals surface area contributed by atoms with E-state index in [1.165, 1.54) is 16.2 Å². The molecule has 4 rings (SSSR count). The van der Waals surface area contributed by atoms with E-state index in [4.69, 9.17) is 0 Å². The summed E-state index contributed by atoms with van der Waals surface area (Å²) in [6.45, 7) is 13.2. The summed E-state index contributed by atoms with van der Waals surface area (Å²) in [6, 6.07) is 10.6. The molecule has 0 aliphatic carbocycles. The van der Waals surface area contributed by atoms with E-state index < -0.39 is 0 Å². The zero-order valence-electron chi connectivity index (χ0n) is 20.0. The molecule has 0 aliphatic rings. The molecule has 0 bridgehead atoms. The van der Waals surface area contributed by atoms with E-state index >= 15 is 0 Å². The predicted octanol–water partition coefficient (Wildman–Crippen LogP) is 6.90. The summed E-state index contributed by atoms with van der Waals surface area (Å²) >= 11 is 0. The minimum Gasteiger partial charge on any atom is -0.264 e. The van der Waals surface area contributed by atoms with Gasteiger partial charge in [0.2, 0.25) is 0 Å². The van der Waals surface area contributed by atoms with E-state index in [0.29, 0.717) is 23.7 Å². The van der Waals surface area contributed by atoms with Crippen LogP contribution in [0.25, 0.3) is 21.5 Å². The number of hydrogen-bond acceptors (Lipinski definition) is 5. The number of fused-ring (bicyclic) bond motifs is 2. The van der Waals surface area contributed by atoms with E-state index in [1.54, 1.807) is 0 Å². The van der Waals surface area contributed by atoms with Gasteiger partial charge in [-0.1, -0.05) is 65.8 Å². The second kappa shape index (κ2) is 9.27. The highest BCUT2D eigenvalue weighted by atomic mass is 15.1. The van der Waals surface area contributed by atoms with Crippen LogP contribution in [0.3, 0.4) is 0 Å². The Hall–Kier alpha value is -2.95. The van der Waals surface area contributed by atoms with Crippen LogP contribution in [0.5, 0.6) is 0 Å². The Morgan fingerprint density at radius 2 is 1.00 bits per heavy atom. The first-order chi connectivity index (χ1) is 15.4. The summed E-state index contributed by atoms with van der Waals surface area (Å²) in [7, 11) is 0. The first kappa shape index (κ1) is 22.3. The molecule has 0 saturated carbocycles. The fraction of sp³-hybridized carbons (Fsp3) is 0.444. The maximum absolute atomic E-state index is 4.67. The number of rotatable bonds is 7. The van der Waals surface area contributed by atoms with Gasteiger partial charge in [0.1, 0.15) is 0 Å². The van der Waals surface area contributed by atoms with Gasteiger partial charge in [-0.05, 0) is 30.7 Å². The van der Waals surface area contributed by atoms with E-state index in [2.05, 4.69) is 97.3 Å². The maximum Gasteiger partial charge on any atom is 0.0750 e. The van der Waals surface area contributed by atoms with Crippen molar-refractivity contribution in [3.8, 4) is 0 Å². The molecule has 4 aromatic rings. The van der Waals surface area contributed by atoms with Crippen molar-refractivity contribution in [3.63, 3.8) is 0 Å². The molecule has 2 atom stereocenters. The Balaban J connectivity index is 1.59. The highest BCUT2D eigenvalue weighted by molar-refractivity contribution is 5.87. The molecule has 1 aromatic carbocycles. The number of nitrogens with zero attached hydrogens (tertiary/aromatic N) is 5. The first-order valence-electron chi connectivity index (χ1n) is 11.7. The topological polar surface area (TPSA) is 64.5 Å². The SMILES string of the molecule is CC(C)c1nnc(C(C)CCC(C)c2nnc(C(C)C)c3cnccc23)c2ccccc12. The van der Waals surface area contributed by atoms with Gasteiger partial charge in [-0.3, -0.25) is 4.98 Å². The Bertz CT molecular complexity index is 1130. The van der Waals surface area contributed by atoms with Crippen LogP contribution in [0.15, 0.2) is 42.7 Å². The summed E-state index contributed by atoms with van der Waals surface area (Å²) in [4.78, 5) is 4.34. The quantitative estimate of drug-likeness (QED) is 0.321. The van der Waals surface area contributed by atoms with Crippen LogP contribution in [0, 0.1) is 0 Å². The molecule has 2 unspecified atom stereocenters. The Labute approximate surface area is 190 Å². The third kappa shape index (κ3) is 4.21. The largest absolute Gasteiger partial charge is 0.264 e. The molecule has 0 N–H and O–H groups in total. The van der Waals surface area contributed by atoms with Gasteiger partial charge in [0, 0.05) is 45.8 Å². The van der Waals surface area contributed by atoms with Gasteiger partial charge in [-0.2, -0.15) is 20.4 Å². The van der Waals surface area contributed by atoms with Gasteiger partial charge in [0.25, 0.3) is 0 Å². The number of pyridine rings is 1. The van der Waals surface area contributed by atoms with Crippen LogP contribution < -0.4 is 0 Å². The van der Waals surface area contributed by atoms with E-state index in [1.807, 2.05) is 12.4 Å². The third-order valence-electron chi connectivity index (χ3n) is 6.44. The van der Waals surface area contributed by atoms with Crippen molar-refractivity contribution in [2.24, 2.45) is 0 Å². The van der Waals surface area contributed by atoms with Gasteiger partial charge in [-0.15, -0.1) is 0 Å². The number of benzene rings is 1. The van der Waals surface area contributed by atoms with E-state index in [0.717, 1.165) is 41.0 Å². The molecule has 166 valence electrons. The zero-order valence-corrected chi connectivity index (χ0v) is 20.0. The Morgan fingerprint density at radius 1 is 0.562 bits per heavy atom. The average Bonchev–Trinajstić information content (AvgIpc) is 2.80. The molecule has 0 aliphatic heterocycles. The fourth-order valence-corrected chi connectivity index (χ4v) is 4.54. The molecule has 0 spiro atoms. The average molecular weight is 428 g/mol. The summed E-state index contributed by atoms with van der Waals surface area (Å²) in [5, 5.41) is 23.2. The van der Waals surface area contributed by atoms with Crippen molar-refractivity contribution in [1.29, 1.82) is 0 Å². The lowest BCUT2D eigenvalue weighted by Gasteiger charge is -2.19. The third-order valence-corrected chi connectivity index (χ3v) is 6.44. The van der Waals surface area contributed by atoms with Crippen LogP contribution >= 0.6 is 0 Å². The van der Waals surface area contributed by atoms with Crippen molar-refractivity contribution >= 4 is 21.5 Å². The zero-order chi connectivity index (χ0) is 22.8. The van der Waals surface area contributed by atoms with Crippen molar-refractivity contribution in [2.45, 2.75) is 78.1 Å². The van der Waals surface area contributed by atoms with Crippen LogP contribution in [-0.2, 0) is 0 Å². The molecular weight excluding hydrogens is 394 g/mol. The van der Waals surface area contributed by atoms with Crippen molar-refractivity contribution in [2.75, 3.05) is 0 Å². The van der Waals surface area contributed by atoms with Crippen LogP contribution in [0.1, 0.15) is 101 Å². The lowest BCUT2D eigenvalue weighted by Crippen LogP contribution is -2.08. The highest BCUT2D eigenvalue weighted by Crippen LogP contribution is 2.34. The van der Waals surface area contributed by atoms with Gasteiger partial charge < -0.3 is 0 Å². The highest BCUT2D eigenvalue weighted by Gasteiger charge is 2.20. The monoisotopic (exact) mass is 427 g/mol. The summed E-state index contributed by atoms with van der Waals surface area (Å²) in [5.74, 6) is 1.28. The number of aromatic nitrogens is 5. The molecule has 5 heteroatoms. The molecule has 0 fully saturated rings. The predicted molar refractivity (Wildman–Crippen MR) is 131 cm³/mol. The summed E-state index contributed by atoms with van der Waals surface area (Å²) in [6.07, 6.45) is 5.80. The van der Waals surface area contributed by atoms with Gasteiger partial charge in [0.15, 0.2) is 0 Å². The van der Waals surface area contributed by atoms with Crippen LogP contribution in [-0.4, -0.2) is 25.4 Å². The van der Waals surface area contributed by atoms with Gasteiger partial charge >= 0.3 is 0 Å². The first-order valence-corrected chi connectivity index (χ1v) is 11.7. The van der Waals surface area contributed by atoms with Gasteiger partial charge in [-0.25, -0.2) is 0 Å². The Morgan fingerprint density at radius 3 is 1.53 bits per heavy atom. The van der Waals surface area contributed by atoms with Crippen molar-refractivity contribution in [3.05, 3.63) is 65.5 Å². The standard InChI is InChI=1S/C27H33N5/c1-16(2)24-20-9-7-8-10-21(20)26(31-29-24)18(5)11-12-19(6)27-22-13-14-28-15-23(22)25(17(3)4)30-32-27/h7-10,13-19H,11-12H2,1-6H3. The fourth-order valence-electron chi connectivity index (χ4n) is 4.54. The molecule has 5 nitrogen and oxygen atoms in total. The summed E-state index contributed by atoms with van der Waals surface area (Å²) in [5.41, 5.74) is 4.24. The lowest BCUT2D eigenvalue weighted by molar-refractivity contribution is 0.553. The minimum absolute atomic E-state index is 0.297. The van der Waals surface area contributed by atoms with Gasteiger partial charge in [0.05, 0.1) is 22.8 Å².